The largest absolute Gasteiger partial charge is 0.330 e. The maximum atomic E-state index is 12.4. The van der Waals surface area contributed by atoms with Crippen LogP contribution in [0.3, 0.4) is 0 Å². The number of fused-ring (bicyclic) bond motifs is 4. The summed E-state index contributed by atoms with van der Waals surface area (Å²) < 4.78 is 5.71. The number of rotatable bonds is 0. The molecular weight excluding hydrogens is 336 g/mol. The summed E-state index contributed by atoms with van der Waals surface area (Å²) >= 11 is 0. The molecule has 0 saturated carbocycles. The first-order valence-corrected chi connectivity index (χ1v) is 9.18. The second-order valence-electron chi connectivity index (χ2n) is 6.68. The van der Waals surface area contributed by atoms with Crippen molar-refractivity contribution >= 4 is 0 Å². The molecule has 0 spiro atoms. The molecule has 26 heavy (non-hydrogen) atoms. The Morgan fingerprint density at radius 3 is 1.35 bits per heavy atom. The normalized spacial score (nSPS) is 16.3. The molecule has 4 bridgehead atoms. The molecule has 0 aliphatic carbocycles. The van der Waals surface area contributed by atoms with Crippen LogP contribution in [0, 0.1) is 0 Å². The van der Waals surface area contributed by atoms with Crippen LogP contribution in [0.1, 0.15) is 38.5 Å². The Bertz CT molecular complexity index is 914. The van der Waals surface area contributed by atoms with Crippen molar-refractivity contribution in [3.05, 3.63) is 66.2 Å². The molecule has 3 heterocycles. The molecule has 0 fully saturated rings. The molecule has 8 heteroatoms. The molecule has 1 aliphatic rings. The van der Waals surface area contributed by atoms with Gasteiger partial charge >= 0.3 is 11.4 Å². The van der Waals surface area contributed by atoms with E-state index in [1.54, 1.807) is 21.5 Å². The minimum absolute atomic E-state index is 0.262. The Kier molecular flexibility index (Phi) is 5.70. The number of aryl methyl sites for hydroxylation is 2. The van der Waals surface area contributed by atoms with Crippen molar-refractivity contribution in [3.63, 3.8) is 0 Å². The first-order valence-electron chi connectivity index (χ1n) is 9.18. The van der Waals surface area contributed by atoms with Gasteiger partial charge in [0.25, 0.3) is 11.1 Å². The van der Waals surface area contributed by atoms with Crippen LogP contribution in [0.5, 0.6) is 0 Å². The van der Waals surface area contributed by atoms with Gasteiger partial charge in [0.2, 0.25) is 0 Å². The summed E-state index contributed by atoms with van der Waals surface area (Å²) in [7, 11) is 0. The molecule has 0 aromatic carbocycles. The summed E-state index contributed by atoms with van der Waals surface area (Å²) in [5.74, 6) is 0. The molecule has 3 rings (SSSR count). The molecule has 0 amide bonds. The predicted octanol–water partition coefficient (Wildman–Crippen LogP) is 0.388. The third kappa shape index (κ3) is 3.95. The van der Waals surface area contributed by atoms with Crippen molar-refractivity contribution in [3.8, 4) is 0 Å². The van der Waals surface area contributed by atoms with Gasteiger partial charge in [0.1, 0.15) is 0 Å². The number of nitrogens with zero attached hydrogens (tertiary/aromatic N) is 4. The predicted molar refractivity (Wildman–Crippen MR) is 97.6 cm³/mol. The zero-order valence-corrected chi connectivity index (χ0v) is 14.8. The third-order valence-electron chi connectivity index (χ3n) is 4.84. The van der Waals surface area contributed by atoms with E-state index >= 15 is 0 Å². The minimum Gasteiger partial charge on any atom is -0.300 e. The Morgan fingerprint density at radius 2 is 0.923 bits per heavy atom. The van der Waals surface area contributed by atoms with E-state index in [0.29, 0.717) is 39.0 Å². The van der Waals surface area contributed by atoms with Gasteiger partial charge in [-0.25, -0.2) is 9.59 Å². The zero-order chi connectivity index (χ0) is 18.5. The second kappa shape index (κ2) is 8.16. The van der Waals surface area contributed by atoms with Gasteiger partial charge in [0, 0.05) is 50.7 Å². The minimum atomic E-state index is -0.268. The summed E-state index contributed by atoms with van der Waals surface area (Å²) in [6.45, 7) is 1.81. The van der Waals surface area contributed by atoms with Crippen molar-refractivity contribution < 1.29 is 0 Å². The third-order valence-corrected chi connectivity index (χ3v) is 4.84. The highest BCUT2D eigenvalue weighted by Crippen LogP contribution is 2.01. The van der Waals surface area contributed by atoms with Gasteiger partial charge < -0.3 is 9.13 Å². The molecule has 0 saturated heterocycles. The summed E-state index contributed by atoms with van der Waals surface area (Å²) in [5.41, 5.74) is -1.06. The molecule has 0 unspecified atom stereocenters. The van der Waals surface area contributed by atoms with Crippen LogP contribution in [0.15, 0.2) is 43.7 Å². The fourth-order valence-corrected chi connectivity index (χ4v) is 3.32. The van der Waals surface area contributed by atoms with Crippen molar-refractivity contribution in [1.82, 2.24) is 18.3 Å². The van der Waals surface area contributed by atoms with Crippen LogP contribution < -0.4 is 22.5 Å². The smallest absolute Gasteiger partial charge is 0.300 e. The first kappa shape index (κ1) is 18.2. The quantitative estimate of drug-likeness (QED) is 0.680. The van der Waals surface area contributed by atoms with Crippen molar-refractivity contribution in [2.75, 3.05) is 0 Å². The Hall–Kier alpha value is -2.64. The average molecular weight is 360 g/mol. The molecule has 1 aliphatic heterocycles. The van der Waals surface area contributed by atoms with E-state index in [-0.39, 0.29) is 22.5 Å². The molecule has 2 aromatic rings. The molecule has 0 N–H and O–H groups in total. The Balaban J connectivity index is 1.83. The van der Waals surface area contributed by atoms with Crippen LogP contribution in [0.4, 0.5) is 0 Å². The van der Waals surface area contributed by atoms with Gasteiger partial charge in [-0.05, 0) is 38.5 Å². The fourth-order valence-electron chi connectivity index (χ4n) is 3.32. The lowest BCUT2D eigenvalue weighted by Gasteiger charge is -2.12. The summed E-state index contributed by atoms with van der Waals surface area (Å²) in [6, 6.07) is 2.88. The summed E-state index contributed by atoms with van der Waals surface area (Å²) in [6.07, 6.45) is 7.52. The van der Waals surface area contributed by atoms with Gasteiger partial charge in [-0.1, -0.05) is 0 Å². The van der Waals surface area contributed by atoms with Crippen LogP contribution >= 0.6 is 0 Å². The highest BCUT2D eigenvalue weighted by molar-refractivity contribution is 4.88. The van der Waals surface area contributed by atoms with E-state index in [1.807, 2.05) is 0 Å². The summed E-state index contributed by atoms with van der Waals surface area (Å²) in [4.78, 5) is 48.8. The number of aromatic nitrogens is 4. The molecule has 8 nitrogen and oxygen atoms in total. The van der Waals surface area contributed by atoms with Crippen LogP contribution in [0.2, 0.25) is 0 Å². The van der Waals surface area contributed by atoms with Crippen LogP contribution in [0.25, 0.3) is 0 Å². The van der Waals surface area contributed by atoms with Gasteiger partial charge in [0.15, 0.2) is 0 Å². The van der Waals surface area contributed by atoms with Crippen LogP contribution in [-0.4, -0.2) is 18.3 Å². The SMILES string of the molecule is O=c1ccn2c(=O)n1CCCCCn1ccc(=O)n(c1=O)CCCCC2. The lowest BCUT2D eigenvalue weighted by Crippen LogP contribution is -2.39. The molecule has 140 valence electrons. The highest BCUT2D eigenvalue weighted by Gasteiger charge is 2.08. The van der Waals surface area contributed by atoms with E-state index in [1.165, 1.54) is 21.3 Å². The molecule has 0 atom stereocenters. The van der Waals surface area contributed by atoms with E-state index in [0.717, 1.165) is 25.7 Å². The van der Waals surface area contributed by atoms with Gasteiger partial charge in [0.05, 0.1) is 0 Å². The average Bonchev–Trinajstić information content (AvgIpc) is 2.62. The van der Waals surface area contributed by atoms with E-state index in [4.69, 9.17) is 0 Å². The molecule has 2 aromatic heterocycles. The highest BCUT2D eigenvalue weighted by atomic mass is 16.2. The maximum absolute atomic E-state index is 12.4. The lowest BCUT2D eigenvalue weighted by molar-refractivity contribution is 0.457. The molecular formula is C18H24N4O4. The Labute approximate surface area is 149 Å². The first-order chi connectivity index (χ1) is 12.6. The standard InChI is InChI=1S/C18H24N4O4/c23-15-8-14-20-10-4-2-6-12-22-16(24)7-13-19(17(22)25)9-3-1-5-11-21(15)18(20)26/h7-8,13-14H,1-6,9-12H2. The fraction of sp³-hybridized carbons (Fsp3) is 0.556. The topological polar surface area (TPSA) is 88.0 Å². The number of hydrogen-bond donors (Lipinski definition) is 0. The zero-order valence-electron chi connectivity index (χ0n) is 14.8. The Morgan fingerprint density at radius 1 is 0.538 bits per heavy atom. The monoisotopic (exact) mass is 360 g/mol. The van der Waals surface area contributed by atoms with E-state index < -0.39 is 0 Å². The van der Waals surface area contributed by atoms with Crippen molar-refractivity contribution in [1.29, 1.82) is 0 Å². The second-order valence-corrected chi connectivity index (χ2v) is 6.68. The van der Waals surface area contributed by atoms with Crippen molar-refractivity contribution in [2.45, 2.75) is 64.7 Å². The van der Waals surface area contributed by atoms with E-state index in [2.05, 4.69) is 0 Å². The van der Waals surface area contributed by atoms with Gasteiger partial charge in [-0.2, -0.15) is 0 Å². The number of hydrogen-bond acceptors (Lipinski definition) is 4. The van der Waals surface area contributed by atoms with E-state index in [9.17, 15) is 19.2 Å². The molecule has 0 radical (unpaired) electrons. The lowest BCUT2D eigenvalue weighted by atomic mass is 10.2. The van der Waals surface area contributed by atoms with Crippen LogP contribution in [-0.2, 0) is 26.2 Å². The summed E-state index contributed by atoms with van der Waals surface area (Å²) in [5, 5.41) is 0. The van der Waals surface area contributed by atoms with Crippen molar-refractivity contribution in [2.24, 2.45) is 0 Å². The van der Waals surface area contributed by atoms with Gasteiger partial charge in [-0.3, -0.25) is 18.7 Å². The maximum Gasteiger partial charge on any atom is 0.330 e. The van der Waals surface area contributed by atoms with Gasteiger partial charge in [-0.15, -0.1) is 0 Å².